The summed E-state index contributed by atoms with van der Waals surface area (Å²) >= 11 is 0. The van der Waals surface area contributed by atoms with Gasteiger partial charge in [-0.25, -0.2) is 0 Å². The van der Waals surface area contributed by atoms with Crippen LogP contribution in [-0.4, -0.2) is 12.2 Å². The third kappa shape index (κ3) is 2.32. The average Bonchev–Trinajstić information content (AvgIpc) is 2.45. The highest BCUT2D eigenvalue weighted by molar-refractivity contribution is 7.33. The minimum atomic E-state index is -2.15. The van der Waals surface area contributed by atoms with Gasteiger partial charge in [0.05, 0.1) is 6.61 Å². The molecule has 1 aliphatic heterocycles. The highest BCUT2D eigenvalue weighted by Gasteiger charge is 2.37. The predicted octanol–water partition coefficient (Wildman–Crippen LogP) is 2.76. The van der Waals surface area contributed by atoms with Gasteiger partial charge >= 0.3 is 8.25 Å². The van der Waals surface area contributed by atoms with E-state index in [1.54, 1.807) is 0 Å². The molecule has 0 amide bonds. The molecule has 0 aromatic carbocycles. The van der Waals surface area contributed by atoms with Gasteiger partial charge in [-0.05, 0) is 12.8 Å². The lowest BCUT2D eigenvalue weighted by atomic mass is 9.95. The van der Waals surface area contributed by atoms with E-state index >= 15 is 0 Å². The maximum Gasteiger partial charge on any atom is 0.319 e. The lowest BCUT2D eigenvalue weighted by Crippen LogP contribution is -2.29. The largest absolute Gasteiger partial charge is 0.319 e. The topological polar surface area (TPSA) is 35.5 Å². The van der Waals surface area contributed by atoms with Gasteiger partial charge in [0.15, 0.2) is 0 Å². The molecule has 72 valence electrons. The summed E-state index contributed by atoms with van der Waals surface area (Å²) in [4.78, 5) is 0. The number of hydrogen-bond donors (Lipinski definition) is 0. The van der Waals surface area contributed by atoms with Crippen molar-refractivity contribution in [3.05, 3.63) is 0 Å². The van der Waals surface area contributed by atoms with Crippen LogP contribution in [0.3, 0.4) is 0 Å². The van der Waals surface area contributed by atoms with Crippen LogP contribution in [-0.2, 0) is 13.6 Å². The summed E-state index contributed by atoms with van der Waals surface area (Å²) in [5.74, 6) is 0. The van der Waals surface area contributed by atoms with Crippen molar-refractivity contribution in [1.29, 1.82) is 0 Å². The van der Waals surface area contributed by atoms with Gasteiger partial charge in [0.1, 0.15) is 5.60 Å². The zero-order chi connectivity index (χ0) is 9.03. The second kappa shape index (κ2) is 4.40. The van der Waals surface area contributed by atoms with E-state index in [-0.39, 0.29) is 5.60 Å². The molecule has 1 rings (SSSR count). The second-order valence-corrected chi connectivity index (χ2v) is 4.27. The second-order valence-electron chi connectivity index (χ2n) is 3.28. The first kappa shape index (κ1) is 10.2. The first-order valence-corrected chi connectivity index (χ1v) is 5.80. The minimum absolute atomic E-state index is 0.230. The number of hydrogen-bond acceptors (Lipinski definition) is 3. The molecule has 0 N–H and O–H groups in total. The molecule has 1 heterocycles. The van der Waals surface area contributed by atoms with Crippen LogP contribution in [0, 0.1) is 0 Å². The molecule has 0 aliphatic carbocycles. The third-order valence-corrected chi connectivity index (χ3v) is 3.36. The predicted molar refractivity (Wildman–Crippen MR) is 48.6 cm³/mol. The van der Waals surface area contributed by atoms with Crippen molar-refractivity contribution < 1.29 is 13.6 Å². The lowest BCUT2D eigenvalue weighted by molar-refractivity contribution is 0.0783. The molecule has 0 bridgehead atoms. The molecule has 2 atom stereocenters. The molecule has 0 radical (unpaired) electrons. The molecule has 0 aromatic heterocycles. The van der Waals surface area contributed by atoms with Gasteiger partial charge in [-0.1, -0.05) is 26.7 Å². The van der Waals surface area contributed by atoms with Gasteiger partial charge in [0.25, 0.3) is 0 Å². The summed E-state index contributed by atoms with van der Waals surface area (Å²) in [6, 6.07) is 0. The molecule has 0 aromatic rings. The van der Waals surface area contributed by atoms with Crippen LogP contribution in [0.1, 0.15) is 39.5 Å². The third-order valence-electron chi connectivity index (χ3n) is 2.38. The zero-order valence-electron chi connectivity index (χ0n) is 7.76. The highest BCUT2D eigenvalue weighted by atomic mass is 31.1. The van der Waals surface area contributed by atoms with E-state index in [0.29, 0.717) is 6.61 Å². The Bertz CT molecular complexity index is 172. The van der Waals surface area contributed by atoms with Crippen LogP contribution < -0.4 is 0 Å². The van der Waals surface area contributed by atoms with E-state index in [9.17, 15) is 4.57 Å². The van der Waals surface area contributed by atoms with Crippen LogP contribution >= 0.6 is 8.25 Å². The van der Waals surface area contributed by atoms with E-state index in [1.165, 1.54) is 0 Å². The van der Waals surface area contributed by atoms with Crippen LogP contribution in [0.2, 0.25) is 0 Å². The molecule has 12 heavy (non-hydrogen) atoms. The summed E-state index contributed by atoms with van der Waals surface area (Å²) in [5.41, 5.74) is -0.230. The molecular formula is C8H17O3P. The summed E-state index contributed by atoms with van der Waals surface area (Å²) in [6.07, 6.45) is 4.12. The summed E-state index contributed by atoms with van der Waals surface area (Å²) in [6.45, 7) is 4.71. The Balaban J connectivity index is 2.46. The normalized spacial score (nSPS) is 35.7. The fraction of sp³-hybridized carbons (Fsp3) is 1.00. The minimum Gasteiger partial charge on any atom is -0.308 e. The van der Waals surface area contributed by atoms with Crippen molar-refractivity contribution in [2.75, 3.05) is 6.61 Å². The van der Waals surface area contributed by atoms with Crippen LogP contribution in [0.25, 0.3) is 0 Å². The maximum atomic E-state index is 10.9. The highest BCUT2D eigenvalue weighted by Crippen LogP contribution is 2.44. The van der Waals surface area contributed by atoms with Crippen molar-refractivity contribution in [1.82, 2.24) is 0 Å². The fourth-order valence-electron chi connectivity index (χ4n) is 1.40. The number of unbranched alkanes of at least 4 members (excludes halogenated alkanes) is 1. The monoisotopic (exact) mass is 192 g/mol. The molecule has 2 unspecified atom stereocenters. The smallest absolute Gasteiger partial charge is 0.308 e. The summed E-state index contributed by atoms with van der Waals surface area (Å²) < 4.78 is 21.2. The Morgan fingerprint density at radius 2 is 2.25 bits per heavy atom. The van der Waals surface area contributed by atoms with Crippen molar-refractivity contribution >= 4 is 8.25 Å². The Kier molecular flexibility index (Phi) is 3.76. The van der Waals surface area contributed by atoms with E-state index in [4.69, 9.17) is 9.05 Å². The van der Waals surface area contributed by atoms with Gasteiger partial charge in [-0.2, -0.15) is 0 Å². The average molecular weight is 192 g/mol. The van der Waals surface area contributed by atoms with E-state index in [1.807, 2.05) is 0 Å². The van der Waals surface area contributed by atoms with E-state index in [2.05, 4.69) is 13.8 Å². The molecule has 3 nitrogen and oxygen atoms in total. The quantitative estimate of drug-likeness (QED) is 0.642. The van der Waals surface area contributed by atoms with Crippen molar-refractivity contribution in [3.63, 3.8) is 0 Å². The molecule has 4 heteroatoms. The van der Waals surface area contributed by atoms with Crippen LogP contribution in [0.15, 0.2) is 0 Å². The molecule has 1 saturated heterocycles. The Morgan fingerprint density at radius 3 is 2.67 bits per heavy atom. The van der Waals surface area contributed by atoms with Gasteiger partial charge < -0.3 is 9.05 Å². The van der Waals surface area contributed by atoms with Crippen LogP contribution in [0.5, 0.6) is 0 Å². The SMILES string of the molecule is CCCCC1(CC)CO[PH](=O)O1. The van der Waals surface area contributed by atoms with Gasteiger partial charge in [0.2, 0.25) is 0 Å². The molecule has 0 saturated carbocycles. The van der Waals surface area contributed by atoms with Crippen molar-refractivity contribution in [2.24, 2.45) is 0 Å². The molecular weight excluding hydrogens is 175 g/mol. The lowest BCUT2D eigenvalue weighted by Gasteiger charge is -2.23. The molecule has 1 aliphatic rings. The summed E-state index contributed by atoms with van der Waals surface area (Å²) in [5, 5.41) is 0. The first-order valence-electron chi connectivity index (χ1n) is 4.58. The molecule has 1 fully saturated rings. The van der Waals surface area contributed by atoms with Gasteiger partial charge in [0, 0.05) is 0 Å². The van der Waals surface area contributed by atoms with Crippen molar-refractivity contribution in [2.45, 2.75) is 45.1 Å². The van der Waals surface area contributed by atoms with Gasteiger partial charge in [-0.15, -0.1) is 0 Å². The zero-order valence-corrected chi connectivity index (χ0v) is 8.76. The Hall–Kier alpha value is 0.150. The maximum absolute atomic E-state index is 10.9. The van der Waals surface area contributed by atoms with Gasteiger partial charge in [-0.3, -0.25) is 4.57 Å². The van der Waals surface area contributed by atoms with E-state index in [0.717, 1.165) is 25.7 Å². The Morgan fingerprint density at radius 1 is 1.50 bits per heavy atom. The molecule has 0 spiro atoms. The fourth-order valence-corrected chi connectivity index (χ4v) is 2.50. The first-order chi connectivity index (χ1) is 5.72. The Labute approximate surface area is 74.4 Å². The summed E-state index contributed by atoms with van der Waals surface area (Å²) in [7, 11) is -2.15. The van der Waals surface area contributed by atoms with E-state index < -0.39 is 8.25 Å². The number of rotatable bonds is 4. The van der Waals surface area contributed by atoms with Crippen molar-refractivity contribution in [3.8, 4) is 0 Å². The standard InChI is InChI=1S/C8H17O3P/c1-3-5-6-8(4-2)7-10-12(9)11-8/h12H,3-7H2,1-2H3. The van der Waals surface area contributed by atoms with Crippen LogP contribution in [0.4, 0.5) is 0 Å².